The number of hydrogen-bond acceptors (Lipinski definition) is 6. The highest BCUT2D eigenvalue weighted by molar-refractivity contribution is 5.83. The van der Waals surface area contributed by atoms with E-state index in [0.29, 0.717) is 5.75 Å². The molecule has 1 atom stereocenters. The Balaban J connectivity index is 2.24. The fourth-order valence-electron chi connectivity index (χ4n) is 2.20. The van der Waals surface area contributed by atoms with E-state index in [1.807, 2.05) is 0 Å². The van der Waals surface area contributed by atoms with Crippen LogP contribution in [0.3, 0.4) is 0 Å². The van der Waals surface area contributed by atoms with Crippen LogP contribution in [0.5, 0.6) is 5.75 Å². The van der Waals surface area contributed by atoms with Crippen molar-refractivity contribution < 1.29 is 23.5 Å². The minimum absolute atomic E-state index is 0.155. The third-order valence-corrected chi connectivity index (χ3v) is 3.54. The van der Waals surface area contributed by atoms with Crippen LogP contribution in [0.25, 0.3) is 11.3 Å². The van der Waals surface area contributed by atoms with Gasteiger partial charge in [0.15, 0.2) is 0 Å². The molecule has 0 aliphatic carbocycles. The number of benzene rings is 1. The molecule has 1 amide bonds. The molecule has 1 aromatic heterocycles. The number of aromatic nitrogens is 2. The van der Waals surface area contributed by atoms with Crippen molar-refractivity contribution in [3.63, 3.8) is 0 Å². The highest BCUT2D eigenvalue weighted by atomic mass is 19.1. The molecule has 1 heterocycles. The van der Waals surface area contributed by atoms with Crippen LogP contribution in [0.4, 0.5) is 4.39 Å². The Morgan fingerprint density at radius 2 is 2.00 bits per heavy atom. The van der Waals surface area contributed by atoms with Gasteiger partial charge in [0.25, 0.3) is 5.56 Å². The van der Waals surface area contributed by atoms with Gasteiger partial charge in [0.2, 0.25) is 5.91 Å². The number of carbonyl (C=O) groups is 2. The normalized spacial score (nSPS) is 11.5. The average Bonchev–Trinajstić information content (AvgIpc) is 2.62. The first-order valence-corrected chi connectivity index (χ1v) is 7.65. The summed E-state index contributed by atoms with van der Waals surface area (Å²) in [7, 11) is 2.62. The minimum Gasteiger partial charge on any atom is -0.497 e. The summed E-state index contributed by atoms with van der Waals surface area (Å²) in [6, 6.07) is 5.88. The van der Waals surface area contributed by atoms with Gasteiger partial charge in [0, 0.05) is 17.7 Å². The zero-order valence-corrected chi connectivity index (χ0v) is 14.5. The van der Waals surface area contributed by atoms with E-state index < -0.39 is 35.8 Å². The van der Waals surface area contributed by atoms with Crippen molar-refractivity contribution >= 4 is 11.9 Å². The van der Waals surface area contributed by atoms with E-state index in [4.69, 9.17) is 4.74 Å². The highest BCUT2D eigenvalue weighted by Crippen LogP contribution is 2.23. The van der Waals surface area contributed by atoms with Crippen molar-refractivity contribution in [3.05, 3.63) is 46.5 Å². The lowest BCUT2D eigenvalue weighted by atomic mass is 10.1. The average molecular weight is 363 g/mol. The van der Waals surface area contributed by atoms with Gasteiger partial charge >= 0.3 is 5.97 Å². The van der Waals surface area contributed by atoms with Crippen molar-refractivity contribution in [2.75, 3.05) is 14.2 Å². The molecule has 0 bridgehead atoms. The summed E-state index contributed by atoms with van der Waals surface area (Å²) in [5, 5.41) is 6.41. The zero-order chi connectivity index (χ0) is 19.3. The lowest BCUT2D eigenvalue weighted by molar-refractivity contribution is -0.144. The van der Waals surface area contributed by atoms with Gasteiger partial charge in [-0.1, -0.05) is 0 Å². The molecule has 8 nitrogen and oxygen atoms in total. The maximum absolute atomic E-state index is 14.2. The number of amides is 1. The van der Waals surface area contributed by atoms with E-state index >= 15 is 0 Å². The molecular formula is C17H18FN3O5. The summed E-state index contributed by atoms with van der Waals surface area (Å²) in [5.41, 5.74) is -0.204. The number of carbonyl (C=O) groups excluding carboxylic acids is 2. The fourth-order valence-corrected chi connectivity index (χ4v) is 2.20. The van der Waals surface area contributed by atoms with Gasteiger partial charge in [-0.15, -0.1) is 0 Å². The molecule has 1 unspecified atom stereocenters. The molecule has 0 saturated heterocycles. The Bertz CT molecular complexity index is 881. The quantitative estimate of drug-likeness (QED) is 0.760. The second-order valence-corrected chi connectivity index (χ2v) is 5.37. The number of halogens is 1. The standard InChI is InChI=1S/C17H18FN3O5/c1-10(17(24)26-3)19-15(22)9-21-16(23)7-6-14(20-21)12-5-4-11(25-2)8-13(12)18/h4-8,10H,9H2,1-3H3,(H,19,22). The summed E-state index contributed by atoms with van der Waals surface area (Å²) in [6.07, 6.45) is 0. The number of rotatable bonds is 6. The minimum atomic E-state index is -0.870. The van der Waals surface area contributed by atoms with Crippen molar-refractivity contribution in [3.8, 4) is 17.0 Å². The molecule has 26 heavy (non-hydrogen) atoms. The highest BCUT2D eigenvalue weighted by Gasteiger charge is 2.17. The molecule has 0 fully saturated rings. The van der Waals surface area contributed by atoms with E-state index in [-0.39, 0.29) is 11.3 Å². The molecule has 0 spiro atoms. The van der Waals surface area contributed by atoms with Gasteiger partial charge in [-0.05, 0) is 25.1 Å². The maximum Gasteiger partial charge on any atom is 0.328 e. The third kappa shape index (κ3) is 4.44. The first-order valence-electron chi connectivity index (χ1n) is 7.65. The molecule has 1 N–H and O–H groups in total. The van der Waals surface area contributed by atoms with Crippen LogP contribution < -0.4 is 15.6 Å². The van der Waals surface area contributed by atoms with E-state index in [2.05, 4.69) is 15.2 Å². The predicted molar refractivity (Wildman–Crippen MR) is 90.1 cm³/mol. The van der Waals surface area contributed by atoms with Gasteiger partial charge in [-0.2, -0.15) is 5.10 Å². The van der Waals surface area contributed by atoms with Gasteiger partial charge in [0.05, 0.1) is 19.9 Å². The largest absolute Gasteiger partial charge is 0.497 e. The number of ether oxygens (including phenoxy) is 2. The monoisotopic (exact) mass is 363 g/mol. The SMILES string of the molecule is COC(=O)C(C)NC(=O)Cn1nc(-c2ccc(OC)cc2F)ccc1=O. The molecule has 1 aromatic carbocycles. The molecule has 0 radical (unpaired) electrons. The topological polar surface area (TPSA) is 99.5 Å². The summed E-state index contributed by atoms with van der Waals surface area (Å²) in [5.74, 6) is -1.46. The van der Waals surface area contributed by atoms with E-state index in [1.54, 1.807) is 6.07 Å². The molecule has 0 saturated carbocycles. The molecule has 2 aromatic rings. The van der Waals surface area contributed by atoms with E-state index in [1.165, 1.54) is 45.4 Å². The first-order chi connectivity index (χ1) is 12.3. The lowest BCUT2D eigenvalue weighted by Gasteiger charge is -2.12. The molecular weight excluding hydrogens is 345 g/mol. The number of hydrogen-bond donors (Lipinski definition) is 1. The number of methoxy groups -OCH3 is 2. The van der Waals surface area contributed by atoms with Crippen LogP contribution in [0.1, 0.15) is 6.92 Å². The van der Waals surface area contributed by atoms with Crippen LogP contribution in [0, 0.1) is 5.82 Å². The van der Waals surface area contributed by atoms with Crippen LogP contribution in [0.2, 0.25) is 0 Å². The van der Waals surface area contributed by atoms with E-state index in [0.717, 1.165) is 4.68 Å². The van der Waals surface area contributed by atoms with Gasteiger partial charge in [0.1, 0.15) is 24.2 Å². The van der Waals surface area contributed by atoms with Crippen molar-refractivity contribution in [2.45, 2.75) is 19.5 Å². The van der Waals surface area contributed by atoms with Gasteiger partial charge in [-0.3, -0.25) is 9.59 Å². The number of nitrogens with zero attached hydrogens (tertiary/aromatic N) is 2. The lowest BCUT2D eigenvalue weighted by Crippen LogP contribution is -2.42. The summed E-state index contributed by atoms with van der Waals surface area (Å²) < 4.78 is 24.5. The fraction of sp³-hybridized carbons (Fsp3) is 0.294. The molecule has 9 heteroatoms. The summed E-state index contributed by atoms with van der Waals surface area (Å²) >= 11 is 0. The first kappa shape index (κ1) is 19.1. The Labute approximate surface area is 148 Å². The van der Waals surface area contributed by atoms with Crippen LogP contribution >= 0.6 is 0 Å². The predicted octanol–water partition coefficient (Wildman–Crippen LogP) is 0.736. The van der Waals surface area contributed by atoms with Crippen molar-refractivity contribution in [2.24, 2.45) is 0 Å². The zero-order valence-electron chi connectivity index (χ0n) is 14.5. The Morgan fingerprint density at radius 3 is 2.62 bits per heavy atom. The second-order valence-electron chi connectivity index (χ2n) is 5.37. The van der Waals surface area contributed by atoms with Crippen LogP contribution in [0.15, 0.2) is 35.1 Å². The summed E-state index contributed by atoms with van der Waals surface area (Å²) in [6.45, 7) is 1.02. The van der Waals surface area contributed by atoms with Crippen LogP contribution in [-0.2, 0) is 20.9 Å². The maximum atomic E-state index is 14.2. The van der Waals surface area contributed by atoms with E-state index in [9.17, 15) is 18.8 Å². The van der Waals surface area contributed by atoms with Gasteiger partial charge in [-0.25, -0.2) is 13.9 Å². The van der Waals surface area contributed by atoms with Gasteiger partial charge < -0.3 is 14.8 Å². The smallest absolute Gasteiger partial charge is 0.328 e. The van der Waals surface area contributed by atoms with Crippen molar-refractivity contribution in [1.29, 1.82) is 0 Å². The number of esters is 1. The molecule has 138 valence electrons. The summed E-state index contributed by atoms with van der Waals surface area (Å²) in [4.78, 5) is 35.2. The third-order valence-electron chi connectivity index (χ3n) is 3.54. The second kappa shape index (κ2) is 8.24. The van der Waals surface area contributed by atoms with Crippen LogP contribution in [-0.4, -0.2) is 41.9 Å². The Kier molecular flexibility index (Phi) is 6.05. The Hall–Kier alpha value is -3.23. The number of nitrogens with one attached hydrogen (secondary N) is 1. The molecule has 2 rings (SSSR count). The molecule has 0 aliphatic rings. The Morgan fingerprint density at radius 1 is 1.27 bits per heavy atom. The molecule has 0 aliphatic heterocycles. The van der Waals surface area contributed by atoms with Crippen molar-refractivity contribution in [1.82, 2.24) is 15.1 Å².